The predicted molar refractivity (Wildman–Crippen MR) is 54.9 cm³/mol. The topological polar surface area (TPSA) is 31.6 Å². The number of furan rings is 1. The van der Waals surface area contributed by atoms with Crippen molar-refractivity contribution in [2.45, 2.75) is 20.3 Å². The normalized spacial score (nSPS) is 9.71. The second-order valence-electron chi connectivity index (χ2n) is 3.25. The quantitative estimate of drug-likeness (QED) is 0.694. The number of hydrogen-bond donors (Lipinski definition) is 0. The van der Waals surface area contributed by atoms with Crippen LogP contribution in [0.4, 0.5) is 0 Å². The first-order valence-electron chi connectivity index (χ1n) is 4.50. The Kier molecular flexibility index (Phi) is 3.63. The van der Waals surface area contributed by atoms with Crippen molar-refractivity contribution in [3.05, 3.63) is 23.7 Å². The molecular formula is C11H16O3. The zero-order valence-corrected chi connectivity index (χ0v) is 9.09. The summed E-state index contributed by atoms with van der Waals surface area (Å²) in [6.45, 7) is 4.10. The van der Waals surface area contributed by atoms with Gasteiger partial charge >= 0.3 is 0 Å². The first kappa shape index (κ1) is 10.7. The van der Waals surface area contributed by atoms with E-state index in [0.29, 0.717) is 11.5 Å². The lowest BCUT2D eigenvalue weighted by Gasteiger charge is -2.01. The second-order valence-corrected chi connectivity index (χ2v) is 3.25. The summed E-state index contributed by atoms with van der Waals surface area (Å²) >= 11 is 0. The van der Waals surface area contributed by atoms with Gasteiger partial charge in [0.2, 0.25) is 5.75 Å². The molecule has 3 nitrogen and oxygen atoms in total. The standard InChI is InChI=1S/C11H16O3/c1-8(2)5-6-9-11(13-4)10(12-3)7-14-9/h5,7H,6H2,1-4H3. The van der Waals surface area contributed by atoms with Gasteiger partial charge in [-0.3, -0.25) is 0 Å². The molecular weight excluding hydrogens is 180 g/mol. The molecule has 78 valence electrons. The van der Waals surface area contributed by atoms with Gasteiger partial charge in [0.1, 0.15) is 6.26 Å². The van der Waals surface area contributed by atoms with Crippen molar-refractivity contribution in [1.82, 2.24) is 0 Å². The van der Waals surface area contributed by atoms with Crippen molar-refractivity contribution >= 4 is 0 Å². The molecule has 0 aromatic carbocycles. The molecule has 0 saturated heterocycles. The Morgan fingerprint density at radius 1 is 1.36 bits per heavy atom. The van der Waals surface area contributed by atoms with Gasteiger partial charge < -0.3 is 13.9 Å². The number of methoxy groups -OCH3 is 2. The van der Waals surface area contributed by atoms with E-state index in [-0.39, 0.29) is 0 Å². The van der Waals surface area contributed by atoms with Crippen LogP contribution >= 0.6 is 0 Å². The summed E-state index contributed by atoms with van der Waals surface area (Å²) in [6, 6.07) is 0. The van der Waals surface area contributed by atoms with Gasteiger partial charge in [0.15, 0.2) is 11.5 Å². The molecule has 0 N–H and O–H groups in total. The molecule has 1 aromatic heterocycles. The highest BCUT2D eigenvalue weighted by Gasteiger charge is 2.13. The number of allylic oxidation sites excluding steroid dienone is 2. The highest BCUT2D eigenvalue weighted by molar-refractivity contribution is 5.41. The molecule has 0 aliphatic heterocycles. The summed E-state index contributed by atoms with van der Waals surface area (Å²) in [4.78, 5) is 0. The van der Waals surface area contributed by atoms with Crippen LogP contribution in [0.3, 0.4) is 0 Å². The number of hydrogen-bond acceptors (Lipinski definition) is 3. The molecule has 0 fully saturated rings. The maximum atomic E-state index is 5.33. The molecule has 0 atom stereocenters. The van der Waals surface area contributed by atoms with Gasteiger partial charge in [-0.1, -0.05) is 11.6 Å². The van der Waals surface area contributed by atoms with E-state index in [9.17, 15) is 0 Å². The molecule has 1 heterocycles. The molecule has 0 saturated carbocycles. The van der Waals surface area contributed by atoms with Crippen LogP contribution in [0.25, 0.3) is 0 Å². The van der Waals surface area contributed by atoms with Gasteiger partial charge in [-0.05, 0) is 13.8 Å². The van der Waals surface area contributed by atoms with Crippen LogP contribution < -0.4 is 9.47 Å². The first-order valence-corrected chi connectivity index (χ1v) is 4.50. The Labute approximate surface area is 84.3 Å². The molecule has 0 spiro atoms. The Morgan fingerprint density at radius 2 is 2.07 bits per heavy atom. The van der Waals surface area contributed by atoms with E-state index in [1.54, 1.807) is 20.5 Å². The average molecular weight is 196 g/mol. The van der Waals surface area contributed by atoms with Crippen molar-refractivity contribution in [2.24, 2.45) is 0 Å². The van der Waals surface area contributed by atoms with Crippen LogP contribution in [-0.2, 0) is 6.42 Å². The molecule has 0 bridgehead atoms. The lowest BCUT2D eigenvalue weighted by Crippen LogP contribution is -1.89. The van der Waals surface area contributed by atoms with Gasteiger partial charge in [-0.15, -0.1) is 0 Å². The fraction of sp³-hybridized carbons (Fsp3) is 0.455. The van der Waals surface area contributed by atoms with Crippen LogP contribution in [-0.4, -0.2) is 14.2 Å². The van der Waals surface area contributed by atoms with Crippen molar-refractivity contribution in [3.63, 3.8) is 0 Å². The average Bonchev–Trinajstić information content (AvgIpc) is 2.56. The van der Waals surface area contributed by atoms with Crippen molar-refractivity contribution in [2.75, 3.05) is 14.2 Å². The third-order valence-electron chi connectivity index (χ3n) is 1.91. The highest BCUT2D eigenvalue weighted by atomic mass is 16.5. The van der Waals surface area contributed by atoms with Crippen molar-refractivity contribution in [1.29, 1.82) is 0 Å². The Hall–Kier alpha value is -1.38. The van der Waals surface area contributed by atoms with Gasteiger partial charge in [0, 0.05) is 6.42 Å². The van der Waals surface area contributed by atoms with Gasteiger partial charge in [0.25, 0.3) is 0 Å². The summed E-state index contributed by atoms with van der Waals surface area (Å²) in [6.07, 6.45) is 4.38. The molecule has 1 rings (SSSR count). The second kappa shape index (κ2) is 4.74. The van der Waals surface area contributed by atoms with E-state index in [2.05, 4.69) is 6.08 Å². The summed E-state index contributed by atoms with van der Waals surface area (Å²) in [5.41, 5.74) is 1.25. The minimum atomic E-state index is 0.643. The van der Waals surface area contributed by atoms with Gasteiger partial charge in [0.05, 0.1) is 14.2 Å². The van der Waals surface area contributed by atoms with E-state index in [4.69, 9.17) is 13.9 Å². The first-order chi connectivity index (χ1) is 6.69. The van der Waals surface area contributed by atoms with Crippen molar-refractivity contribution < 1.29 is 13.9 Å². The van der Waals surface area contributed by atoms with Gasteiger partial charge in [-0.25, -0.2) is 0 Å². The Morgan fingerprint density at radius 3 is 2.57 bits per heavy atom. The maximum absolute atomic E-state index is 5.33. The van der Waals surface area contributed by atoms with E-state index < -0.39 is 0 Å². The lowest BCUT2D eigenvalue weighted by atomic mass is 10.2. The minimum Gasteiger partial charge on any atom is -0.490 e. The third-order valence-corrected chi connectivity index (χ3v) is 1.91. The minimum absolute atomic E-state index is 0.643. The maximum Gasteiger partial charge on any atom is 0.203 e. The Balaban J connectivity index is 2.86. The van der Waals surface area contributed by atoms with Crippen LogP contribution in [0.2, 0.25) is 0 Å². The molecule has 0 radical (unpaired) electrons. The molecule has 0 aliphatic rings. The molecule has 3 heteroatoms. The summed E-state index contributed by atoms with van der Waals surface area (Å²) in [7, 11) is 3.21. The third kappa shape index (κ3) is 2.31. The lowest BCUT2D eigenvalue weighted by molar-refractivity contribution is 0.355. The fourth-order valence-electron chi connectivity index (χ4n) is 1.16. The van der Waals surface area contributed by atoms with E-state index in [1.165, 1.54) is 5.57 Å². The zero-order valence-electron chi connectivity index (χ0n) is 9.09. The molecule has 1 aromatic rings. The monoisotopic (exact) mass is 196 g/mol. The van der Waals surface area contributed by atoms with Crippen molar-refractivity contribution in [3.8, 4) is 11.5 Å². The summed E-state index contributed by atoms with van der Waals surface area (Å²) < 4.78 is 15.6. The van der Waals surface area contributed by atoms with Crippen LogP contribution in [0.15, 0.2) is 22.3 Å². The predicted octanol–water partition coefficient (Wildman–Crippen LogP) is 2.81. The SMILES string of the molecule is COc1coc(CC=C(C)C)c1OC. The van der Waals surface area contributed by atoms with Crippen LogP contribution in [0, 0.1) is 0 Å². The van der Waals surface area contributed by atoms with Gasteiger partial charge in [-0.2, -0.15) is 0 Å². The summed E-state index contributed by atoms with van der Waals surface area (Å²) in [5.74, 6) is 2.13. The number of ether oxygens (including phenoxy) is 2. The Bertz CT molecular complexity index is 319. The summed E-state index contributed by atoms with van der Waals surface area (Å²) in [5, 5.41) is 0. The smallest absolute Gasteiger partial charge is 0.203 e. The highest BCUT2D eigenvalue weighted by Crippen LogP contribution is 2.33. The molecule has 0 unspecified atom stereocenters. The molecule has 14 heavy (non-hydrogen) atoms. The van der Waals surface area contributed by atoms with E-state index in [0.717, 1.165) is 12.2 Å². The van der Waals surface area contributed by atoms with Crippen LogP contribution in [0.5, 0.6) is 11.5 Å². The zero-order chi connectivity index (χ0) is 10.6. The molecule has 0 amide bonds. The molecule has 0 aliphatic carbocycles. The van der Waals surface area contributed by atoms with E-state index in [1.807, 2.05) is 13.8 Å². The number of rotatable bonds is 4. The van der Waals surface area contributed by atoms with Crippen LogP contribution in [0.1, 0.15) is 19.6 Å². The van der Waals surface area contributed by atoms with E-state index >= 15 is 0 Å². The largest absolute Gasteiger partial charge is 0.490 e. The fourth-order valence-corrected chi connectivity index (χ4v) is 1.16.